The zero-order valence-electron chi connectivity index (χ0n) is 22.0. The number of nitrogens with one attached hydrogen (secondary N) is 1. The van der Waals surface area contributed by atoms with Crippen molar-refractivity contribution >= 4 is 52.4 Å². The first-order valence-electron chi connectivity index (χ1n) is 12.5. The van der Waals surface area contributed by atoms with Gasteiger partial charge in [0.15, 0.2) is 0 Å². The van der Waals surface area contributed by atoms with E-state index in [1.807, 2.05) is 38.1 Å². The largest absolute Gasteiger partial charge is 0.459 e. The fourth-order valence-corrected chi connectivity index (χ4v) is 4.35. The molecule has 3 amide bonds. The zero-order chi connectivity index (χ0) is 28.3. The highest BCUT2D eigenvalue weighted by Gasteiger charge is 2.39. The molecule has 1 heterocycles. The molecule has 0 atom stereocenters. The number of halogens is 1. The number of esters is 1. The molecule has 0 aromatic heterocycles. The van der Waals surface area contributed by atoms with Gasteiger partial charge in [-0.05, 0) is 87.9 Å². The van der Waals surface area contributed by atoms with Gasteiger partial charge in [-0.3, -0.25) is 14.4 Å². The molecule has 0 saturated carbocycles. The molecule has 200 valence electrons. The van der Waals surface area contributed by atoms with Crippen LogP contribution in [0.2, 0.25) is 0 Å². The molecule has 0 saturated heterocycles. The summed E-state index contributed by atoms with van der Waals surface area (Å²) in [6.07, 6.45) is -0.322. The summed E-state index contributed by atoms with van der Waals surface area (Å²) in [7, 11) is 0. The number of ether oxygens (including phenoxy) is 1. The molecule has 1 aliphatic heterocycles. The first kappa shape index (κ1) is 27.6. The number of anilines is 3. The average molecular weight is 546 g/mol. The number of rotatable bonds is 8. The van der Waals surface area contributed by atoms with Gasteiger partial charge in [-0.25, -0.2) is 9.69 Å². The molecule has 1 aliphatic rings. The maximum absolute atomic E-state index is 13.2. The van der Waals surface area contributed by atoms with Crippen molar-refractivity contribution in [1.29, 1.82) is 0 Å². The highest BCUT2D eigenvalue weighted by molar-refractivity contribution is 6.53. The van der Waals surface area contributed by atoms with Gasteiger partial charge in [0.1, 0.15) is 10.7 Å². The summed E-state index contributed by atoms with van der Waals surface area (Å²) in [6, 6.07) is 20.3. The molecule has 0 radical (unpaired) electrons. The second kappa shape index (κ2) is 11.5. The minimum Gasteiger partial charge on any atom is -0.459 e. The Bertz CT molecular complexity index is 1480. The van der Waals surface area contributed by atoms with Crippen molar-refractivity contribution in [3.05, 3.63) is 100 Å². The van der Waals surface area contributed by atoms with Gasteiger partial charge in [0.25, 0.3) is 17.7 Å². The monoisotopic (exact) mass is 545 g/mol. The number of imide groups is 1. The third kappa shape index (κ3) is 5.86. The van der Waals surface area contributed by atoms with E-state index in [9.17, 15) is 19.2 Å². The predicted molar refractivity (Wildman–Crippen MR) is 151 cm³/mol. The number of carbonyl (C=O) groups excluding carboxylic acids is 4. The van der Waals surface area contributed by atoms with E-state index in [0.29, 0.717) is 17.8 Å². The smallest absolute Gasteiger partial charge is 0.338 e. The SMILES string of the molecule is CCN(C(=O)c1ccc(NC2=C(Cl)C(=O)N(c3cccc(C(=O)OC(C)C)c3)C2=O)cc1)c1cccc(C)c1. The van der Waals surface area contributed by atoms with Crippen molar-refractivity contribution in [2.24, 2.45) is 0 Å². The van der Waals surface area contributed by atoms with Crippen molar-refractivity contribution in [3.63, 3.8) is 0 Å². The van der Waals surface area contributed by atoms with Crippen molar-refractivity contribution in [1.82, 2.24) is 0 Å². The van der Waals surface area contributed by atoms with Crippen LogP contribution >= 0.6 is 11.6 Å². The quantitative estimate of drug-likeness (QED) is 0.290. The van der Waals surface area contributed by atoms with Gasteiger partial charge in [-0.2, -0.15) is 0 Å². The average Bonchev–Trinajstić information content (AvgIpc) is 3.12. The molecule has 8 nitrogen and oxygen atoms in total. The molecule has 0 fully saturated rings. The van der Waals surface area contributed by atoms with Crippen LogP contribution in [-0.4, -0.2) is 36.3 Å². The lowest BCUT2D eigenvalue weighted by molar-refractivity contribution is -0.120. The summed E-state index contributed by atoms with van der Waals surface area (Å²) >= 11 is 6.26. The summed E-state index contributed by atoms with van der Waals surface area (Å²) in [5.74, 6) is -2.12. The summed E-state index contributed by atoms with van der Waals surface area (Å²) in [4.78, 5) is 54.1. The Morgan fingerprint density at radius 2 is 1.64 bits per heavy atom. The molecule has 9 heteroatoms. The first-order valence-corrected chi connectivity index (χ1v) is 12.8. The van der Waals surface area contributed by atoms with E-state index in [2.05, 4.69) is 5.32 Å². The summed E-state index contributed by atoms with van der Waals surface area (Å²) in [6.45, 7) is 7.82. The summed E-state index contributed by atoms with van der Waals surface area (Å²) < 4.78 is 5.20. The lowest BCUT2D eigenvalue weighted by atomic mass is 10.1. The molecule has 0 bridgehead atoms. The van der Waals surface area contributed by atoms with Crippen molar-refractivity contribution in [3.8, 4) is 0 Å². The minimum atomic E-state index is -0.720. The molecular weight excluding hydrogens is 518 g/mol. The molecule has 3 aromatic carbocycles. The van der Waals surface area contributed by atoms with E-state index in [4.69, 9.17) is 16.3 Å². The summed E-state index contributed by atoms with van der Waals surface area (Å²) in [5, 5.41) is 2.62. The topological polar surface area (TPSA) is 96.0 Å². The lowest BCUT2D eigenvalue weighted by Gasteiger charge is -2.21. The molecular formula is C30H28ClN3O5. The molecule has 39 heavy (non-hydrogen) atoms. The van der Waals surface area contributed by atoms with Gasteiger partial charge in [-0.1, -0.05) is 29.8 Å². The van der Waals surface area contributed by atoms with Crippen LogP contribution in [0.15, 0.2) is 83.5 Å². The maximum Gasteiger partial charge on any atom is 0.338 e. The Balaban J connectivity index is 1.51. The third-order valence-corrected chi connectivity index (χ3v) is 6.34. The summed E-state index contributed by atoms with van der Waals surface area (Å²) in [5.41, 5.74) is 3.07. The van der Waals surface area contributed by atoms with Gasteiger partial charge in [0.05, 0.1) is 17.4 Å². The van der Waals surface area contributed by atoms with E-state index >= 15 is 0 Å². The molecule has 0 spiro atoms. The Morgan fingerprint density at radius 1 is 0.949 bits per heavy atom. The van der Waals surface area contributed by atoms with Gasteiger partial charge in [-0.15, -0.1) is 0 Å². The highest BCUT2D eigenvalue weighted by atomic mass is 35.5. The fourth-order valence-electron chi connectivity index (χ4n) is 4.14. The van der Waals surface area contributed by atoms with Crippen LogP contribution in [0.4, 0.5) is 17.1 Å². The Morgan fingerprint density at radius 3 is 2.28 bits per heavy atom. The predicted octanol–water partition coefficient (Wildman–Crippen LogP) is 5.66. The Hall–Kier alpha value is -4.43. The molecule has 0 unspecified atom stereocenters. The Labute approximate surface area is 231 Å². The van der Waals surface area contributed by atoms with E-state index in [0.717, 1.165) is 16.2 Å². The normalized spacial score (nSPS) is 13.2. The van der Waals surface area contributed by atoms with Crippen LogP contribution in [0.25, 0.3) is 0 Å². The second-order valence-electron chi connectivity index (χ2n) is 9.23. The second-order valence-corrected chi connectivity index (χ2v) is 9.61. The highest BCUT2D eigenvalue weighted by Crippen LogP contribution is 2.31. The lowest BCUT2D eigenvalue weighted by Crippen LogP contribution is -2.32. The number of amides is 3. The standard InChI is InChI=1S/C30H28ClN3O5/c1-5-33(23-10-6-8-19(4)16-23)27(35)20-12-14-22(15-13-20)32-26-25(31)28(36)34(29(26)37)24-11-7-9-21(17-24)30(38)39-18(2)3/h6-18,32H,5H2,1-4H3. The Kier molecular flexibility index (Phi) is 8.16. The minimum absolute atomic E-state index is 0.106. The van der Waals surface area contributed by atoms with E-state index in [1.165, 1.54) is 18.2 Å². The van der Waals surface area contributed by atoms with Gasteiger partial charge in [0.2, 0.25) is 0 Å². The van der Waals surface area contributed by atoms with Crippen molar-refractivity contribution in [2.75, 3.05) is 21.7 Å². The van der Waals surface area contributed by atoms with E-state index in [-0.39, 0.29) is 34.0 Å². The number of carbonyl (C=O) groups is 4. The zero-order valence-corrected chi connectivity index (χ0v) is 22.8. The van der Waals surface area contributed by atoms with Crippen molar-refractivity contribution in [2.45, 2.75) is 33.8 Å². The van der Waals surface area contributed by atoms with Crippen LogP contribution in [-0.2, 0) is 14.3 Å². The molecule has 0 aliphatic carbocycles. The van der Waals surface area contributed by atoms with Crippen LogP contribution < -0.4 is 15.1 Å². The first-order chi connectivity index (χ1) is 18.6. The van der Waals surface area contributed by atoms with E-state index < -0.39 is 17.8 Å². The molecule has 3 aromatic rings. The number of benzene rings is 3. The van der Waals surface area contributed by atoms with Crippen molar-refractivity contribution < 1.29 is 23.9 Å². The number of nitrogens with zero attached hydrogens (tertiary/aromatic N) is 2. The van der Waals surface area contributed by atoms with Crippen LogP contribution in [0.1, 0.15) is 47.1 Å². The number of hydrogen-bond acceptors (Lipinski definition) is 6. The molecule has 1 N–H and O–H groups in total. The van der Waals surface area contributed by atoms with Crippen LogP contribution in [0.5, 0.6) is 0 Å². The maximum atomic E-state index is 13.2. The van der Waals surface area contributed by atoms with E-state index in [1.54, 1.807) is 49.1 Å². The van der Waals surface area contributed by atoms with Gasteiger partial charge >= 0.3 is 5.97 Å². The molecule has 4 rings (SSSR count). The number of aryl methyl sites for hydroxylation is 1. The van der Waals surface area contributed by atoms with Gasteiger partial charge < -0.3 is 15.0 Å². The fraction of sp³-hybridized carbons (Fsp3) is 0.200. The van der Waals surface area contributed by atoms with Gasteiger partial charge in [0, 0.05) is 23.5 Å². The third-order valence-electron chi connectivity index (χ3n) is 5.99. The number of hydrogen-bond donors (Lipinski definition) is 1. The van der Waals surface area contributed by atoms with Crippen LogP contribution in [0, 0.1) is 6.92 Å². The van der Waals surface area contributed by atoms with Crippen LogP contribution in [0.3, 0.4) is 0 Å².